The zero-order chi connectivity index (χ0) is 27.7. The van der Waals surface area contributed by atoms with Gasteiger partial charge in [0.15, 0.2) is 11.3 Å². The Kier molecular flexibility index (Phi) is 5.43. The number of nitrogens with zero attached hydrogens (tertiary/aromatic N) is 5. The number of carbonyl (C=O) groups excluding carboxylic acids is 1. The van der Waals surface area contributed by atoms with E-state index in [1.165, 1.54) is 5.57 Å². The molecule has 5 heterocycles. The van der Waals surface area contributed by atoms with Gasteiger partial charge >= 0.3 is 0 Å². The highest BCUT2D eigenvalue weighted by Crippen LogP contribution is 2.49. The average molecular weight is 525 g/mol. The Hall–Kier alpha value is -4.46. The Balaban J connectivity index is 1.46. The van der Waals surface area contributed by atoms with Crippen molar-refractivity contribution in [2.75, 3.05) is 0 Å². The van der Waals surface area contributed by atoms with Crippen molar-refractivity contribution in [2.24, 2.45) is 5.73 Å². The molecule has 2 atom stereocenters. The number of nitrogens with two attached hydrogens (primary N) is 1. The highest BCUT2D eigenvalue weighted by atomic mass is 16.5. The van der Waals surface area contributed by atoms with Crippen LogP contribution in [0, 0.1) is 18.8 Å². The molecule has 2 aliphatic heterocycles. The SMILES string of the molecule is Cc1cc([C@](C)(O)C#Cc2ccc3c(c2)-c2nc(C(N)=O)c(-c4cnn(CC(C)(C)O)c4)n2C2C=C3C2)no1. The molecule has 4 N–H and O–H groups in total. The molecule has 198 valence electrons. The highest BCUT2D eigenvalue weighted by Gasteiger charge is 2.36. The first-order valence-corrected chi connectivity index (χ1v) is 12.6. The maximum absolute atomic E-state index is 12.6. The number of imidazole rings is 1. The van der Waals surface area contributed by atoms with E-state index in [1.807, 2.05) is 22.8 Å². The van der Waals surface area contributed by atoms with Crippen LogP contribution in [0.1, 0.15) is 66.3 Å². The van der Waals surface area contributed by atoms with Gasteiger partial charge in [-0.05, 0) is 57.4 Å². The van der Waals surface area contributed by atoms with Crippen molar-refractivity contribution >= 4 is 11.5 Å². The molecule has 10 nitrogen and oxygen atoms in total. The lowest BCUT2D eigenvalue weighted by Gasteiger charge is -2.26. The van der Waals surface area contributed by atoms with E-state index >= 15 is 0 Å². The molecule has 0 spiro atoms. The van der Waals surface area contributed by atoms with E-state index in [4.69, 9.17) is 15.2 Å². The molecule has 3 aromatic heterocycles. The Morgan fingerprint density at radius 2 is 2.00 bits per heavy atom. The van der Waals surface area contributed by atoms with Gasteiger partial charge in [-0.25, -0.2) is 4.98 Å². The van der Waals surface area contributed by atoms with Gasteiger partial charge in [0.25, 0.3) is 5.91 Å². The Labute approximate surface area is 224 Å². The van der Waals surface area contributed by atoms with Gasteiger partial charge in [-0.1, -0.05) is 29.1 Å². The van der Waals surface area contributed by atoms with Crippen LogP contribution in [0.3, 0.4) is 0 Å². The van der Waals surface area contributed by atoms with E-state index in [0.29, 0.717) is 34.1 Å². The van der Waals surface area contributed by atoms with Gasteiger partial charge in [-0.3, -0.25) is 9.48 Å². The number of amides is 1. The molecular weight excluding hydrogens is 496 g/mol. The normalized spacial score (nSPS) is 17.1. The van der Waals surface area contributed by atoms with Crippen LogP contribution in [0.4, 0.5) is 0 Å². The number of benzene rings is 1. The number of allylic oxidation sites excluding steroid dienone is 2. The Morgan fingerprint density at radius 1 is 1.23 bits per heavy atom. The molecule has 0 radical (unpaired) electrons. The van der Waals surface area contributed by atoms with E-state index in [1.54, 1.807) is 50.8 Å². The molecule has 0 saturated heterocycles. The van der Waals surface area contributed by atoms with Crippen LogP contribution in [0.2, 0.25) is 0 Å². The third-order valence-corrected chi connectivity index (χ3v) is 6.94. The first kappa shape index (κ1) is 24.9. The van der Waals surface area contributed by atoms with E-state index in [2.05, 4.69) is 28.2 Å². The minimum Gasteiger partial charge on any atom is -0.389 e. The summed E-state index contributed by atoms with van der Waals surface area (Å²) in [6, 6.07) is 7.46. The standard InChI is InChI=1S/C29H28N6O4/c1-16-9-23(33-39-16)29(4,38)8-7-17-5-6-21-18-11-20(12-18)35-25(19-13-31-34(14-19)15-28(2,3)37)24(26(30)36)32-27(35)22(21)10-17/h5-6,9-11,13-14,20,37-38H,12,15H2,1-4H3,(H2,30,36)/t20?,29-/m1/s1. The summed E-state index contributed by atoms with van der Waals surface area (Å²) in [5.41, 5.74) is 8.83. The number of carbonyl (C=O) groups is 1. The summed E-state index contributed by atoms with van der Waals surface area (Å²) < 4.78 is 8.77. The zero-order valence-corrected chi connectivity index (χ0v) is 22.1. The minimum atomic E-state index is -1.50. The van der Waals surface area contributed by atoms with Crippen molar-refractivity contribution < 1.29 is 19.5 Å². The second-order valence-electron chi connectivity index (χ2n) is 11.0. The van der Waals surface area contributed by atoms with Crippen LogP contribution in [-0.4, -0.2) is 46.2 Å². The lowest BCUT2D eigenvalue weighted by molar-refractivity contribution is 0.0577. The summed E-state index contributed by atoms with van der Waals surface area (Å²) in [7, 11) is 0. The van der Waals surface area contributed by atoms with Crippen molar-refractivity contribution in [2.45, 2.75) is 57.9 Å². The third kappa shape index (κ3) is 4.35. The molecule has 1 unspecified atom stereocenters. The van der Waals surface area contributed by atoms with Crippen LogP contribution in [0.15, 0.2) is 47.3 Å². The maximum atomic E-state index is 12.6. The van der Waals surface area contributed by atoms with Gasteiger partial charge in [0, 0.05) is 29.0 Å². The number of hydrogen-bond donors (Lipinski definition) is 3. The predicted octanol–water partition coefficient (Wildman–Crippen LogP) is 3.18. The average Bonchev–Trinajstić information content (AvgIpc) is 3.52. The molecule has 1 amide bonds. The number of hydrogen-bond acceptors (Lipinski definition) is 7. The number of primary amides is 1. The molecule has 7 rings (SSSR count). The lowest BCUT2D eigenvalue weighted by Crippen LogP contribution is -2.26. The van der Waals surface area contributed by atoms with Crippen molar-refractivity contribution in [1.29, 1.82) is 0 Å². The summed E-state index contributed by atoms with van der Waals surface area (Å²) in [5.74, 6) is 6.51. The van der Waals surface area contributed by atoms with Crippen LogP contribution in [-0.2, 0) is 12.1 Å². The number of aromatic nitrogens is 5. The van der Waals surface area contributed by atoms with Gasteiger partial charge in [-0.15, -0.1) is 0 Å². The number of aryl methyl sites for hydroxylation is 1. The molecule has 4 aromatic rings. The monoisotopic (exact) mass is 524 g/mol. The topological polar surface area (TPSA) is 145 Å². The molecular formula is C29H28N6O4. The quantitative estimate of drug-likeness (QED) is 0.340. The summed E-state index contributed by atoms with van der Waals surface area (Å²) in [6.07, 6.45) is 6.40. The zero-order valence-electron chi connectivity index (χ0n) is 22.1. The summed E-state index contributed by atoms with van der Waals surface area (Å²) in [4.78, 5) is 17.3. The molecule has 39 heavy (non-hydrogen) atoms. The smallest absolute Gasteiger partial charge is 0.269 e. The van der Waals surface area contributed by atoms with Crippen LogP contribution >= 0.6 is 0 Å². The minimum absolute atomic E-state index is 0.00121. The summed E-state index contributed by atoms with van der Waals surface area (Å²) >= 11 is 0. The summed E-state index contributed by atoms with van der Waals surface area (Å²) in [6.45, 7) is 7.02. The van der Waals surface area contributed by atoms with E-state index < -0.39 is 17.1 Å². The predicted molar refractivity (Wildman–Crippen MR) is 143 cm³/mol. The highest BCUT2D eigenvalue weighted by molar-refractivity contribution is 5.99. The maximum Gasteiger partial charge on any atom is 0.269 e. The second kappa shape index (κ2) is 8.53. The molecule has 0 saturated carbocycles. The lowest BCUT2D eigenvalue weighted by atomic mass is 9.86. The van der Waals surface area contributed by atoms with Crippen molar-refractivity contribution in [3.05, 3.63) is 71.0 Å². The van der Waals surface area contributed by atoms with Crippen LogP contribution in [0.5, 0.6) is 0 Å². The first-order valence-electron chi connectivity index (χ1n) is 12.6. The Bertz CT molecular complexity index is 1730. The van der Waals surface area contributed by atoms with Gasteiger partial charge in [0.1, 0.15) is 17.3 Å². The van der Waals surface area contributed by atoms with Gasteiger partial charge < -0.3 is 25.0 Å². The van der Waals surface area contributed by atoms with Crippen molar-refractivity contribution in [3.8, 4) is 34.5 Å². The van der Waals surface area contributed by atoms with E-state index in [-0.39, 0.29) is 18.3 Å². The van der Waals surface area contributed by atoms with Gasteiger partial charge in [0.05, 0.1) is 30.1 Å². The number of aliphatic hydroxyl groups is 2. The molecule has 0 fully saturated rings. The molecule has 3 aliphatic rings. The van der Waals surface area contributed by atoms with Crippen LogP contribution < -0.4 is 5.73 Å². The fraction of sp³-hybridized carbons (Fsp3) is 0.310. The second-order valence-corrected chi connectivity index (χ2v) is 11.0. The molecule has 2 bridgehead atoms. The van der Waals surface area contributed by atoms with E-state index in [0.717, 1.165) is 17.5 Å². The first-order chi connectivity index (χ1) is 18.4. The summed E-state index contributed by atoms with van der Waals surface area (Å²) in [5, 5.41) is 29.4. The third-order valence-electron chi connectivity index (χ3n) is 6.94. The molecule has 10 heteroatoms. The molecule has 1 aliphatic carbocycles. The number of rotatable bonds is 5. The van der Waals surface area contributed by atoms with Gasteiger partial charge in [0.2, 0.25) is 0 Å². The van der Waals surface area contributed by atoms with Gasteiger partial charge in [-0.2, -0.15) is 5.10 Å². The molecule has 1 aromatic carbocycles. The van der Waals surface area contributed by atoms with Crippen LogP contribution in [0.25, 0.3) is 28.2 Å². The van der Waals surface area contributed by atoms with Crippen molar-refractivity contribution in [3.63, 3.8) is 0 Å². The van der Waals surface area contributed by atoms with E-state index in [9.17, 15) is 15.0 Å². The van der Waals surface area contributed by atoms with Crippen molar-refractivity contribution in [1.82, 2.24) is 24.5 Å². The fourth-order valence-electron chi connectivity index (χ4n) is 5.09. The fourth-order valence-corrected chi connectivity index (χ4v) is 5.09. The Morgan fingerprint density at radius 3 is 2.67 bits per heavy atom. The largest absolute Gasteiger partial charge is 0.389 e.